The number of nitrogens with zero attached hydrogens (tertiary/aromatic N) is 5. The van der Waals surface area contributed by atoms with Crippen molar-refractivity contribution in [3.8, 4) is 0 Å². The number of nitrogens with two attached hydrogens (primary N) is 1. The van der Waals surface area contributed by atoms with Gasteiger partial charge in [0.05, 0.1) is 11.9 Å². The van der Waals surface area contributed by atoms with Gasteiger partial charge in [-0.25, -0.2) is 9.98 Å². The van der Waals surface area contributed by atoms with Gasteiger partial charge in [-0.05, 0) is 59.4 Å². The molecule has 2 aliphatic heterocycles. The molecular weight excluding hydrogens is 479 g/mol. The second-order valence-corrected chi connectivity index (χ2v) is 9.12. The van der Waals surface area contributed by atoms with Gasteiger partial charge in [0.15, 0.2) is 6.17 Å². The van der Waals surface area contributed by atoms with Gasteiger partial charge in [0, 0.05) is 11.7 Å². The van der Waals surface area contributed by atoms with E-state index in [0.717, 1.165) is 38.6 Å². The van der Waals surface area contributed by atoms with Gasteiger partial charge < -0.3 is 10.3 Å². The van der Waals surface area contributed by atoms with Crippen molar-refractivity contribution in [1.82, 2.24) is 9.58 Å². The summed E-state index contributed by atoms with van der Waals surface area (Å²) in [6.45, 7) is 2.53. The first-order valence-electron chi connectivity index (χ1n) is 10.0. The summed E-state index contributed by atoms with van der Waals surface area (Å²) in [5.41, 5.74) is 8.24. The zero-order valence-electron chi connectivity index (χ0n) is 16.3. The number of benzene rings is 1. The molecule has 8 heteroatoms. The van der Waals surface area contributed by atoms with Crippen molar-refractivity contribution in [3.05, 3.63) is 45.9 Å². The van der Waals surface area contributed by atoms with Gasteiger partial charge in [-0.15, -0.1) is 0 Å². The van der Waals surface area contributed by atoms with Gasteiger partial charge in [0.1, 0.15) is 21.8 Å². The summed E-state index contributed by atoms with van der Waals surface area (Å²) in [6, 6.07) is 8.46. The van der Waals surface area contributed by atoms with E-state index in [4.69, 9.17) is 10.8 Å². The van der Waals surface area contributed by atoms with Crippen molar-refractivity contribution >= 4 is 49.3 Å². The first-order valence-corrected chi connectivity index (χ1v) is 11.1. The van der Waals surface area contributed by atoms with Crippen LogP contribution in [0.15, 0.2) is 44.1 Å². The molecule has 3 heterocycles. The van der Waals surface area contributed by atoms with E-state index in [-0.39, 0.29) is 23.7 Å². The molecule has 0 amide bonds. The van der Waals surface area contributed by atoms with E-state index >= 15 is 0 Å². The first-order chi connectivity index (χ1) is 14.0. The Labute approximate surface area is 182 Å². The van der Waals surface area contributed by atoms with E-state index in [0.29, 0.717) is 12.4 Å². The second-order valence-electron chi connectivity index (χ2n) is 8.02. The molecule has 150 valence electrons. The van der Waals surface area contributed by atoms with Crippen LogP contribution in [0.3, 0.4) is 0 Å². The van der Waals surface area contributed by atoms with Crippen LogP contribution < -0.4 is 11.3 Å². The van der Waals surface area contributed by atoms with Gasteiger partial charge in [-0.2, -0.15) is 5.10 Å². The highest BCUT2D eigenvalue weighted by molar-refractivity contribution is 14.1. The maximum Gasteiger partial charge on any atom is 0.259 e. The van der Waals surface area contributed by atoms with E-state index in [1.165, 1.54) is 19.2 Å². The maximum atomic E-state index is 13.6. The van der Waals surface area contributed by atoms with Crippen molar-refractivity contribution in [2.24, 2.45) is 26.7 Å². The fourth-order valence-corrected chi connectivity index (χ4v) is 5.73. The van der Waals surface area contributed by atoms with Gasteiger partial charge in [-0.3, -0.25) is 9.80 Å². The van der Waals surface area contributed by atoms with Gasteiger partial charge in [-0.1, -0.05) is 31.0 Å². The normalized spacial score (nSPS) is 24.1. The fourth-order valence-electron chi connectivity index (χ4n) is 4.81. The van der Waals surface area contributed by atoms with Crippen molar-refractivity contribution in [3.63, 3.8) is 0 Å². The van der Waals surface area contributed by atoms with Crippen molar-refractivity contribution in [1.29, 1.82) is 0 Å². The molecule has 0 radical (unpaired) electrons. The zero-order valence-corrected chi connectivity index (χ0v) is 18.4. The number of hydrogen-bond acceptors (Lipinski definition) is 6. The van der Waals surface area contributed by atoms with Crippen LogP contribution in [0.5, 0.6) is 0 Å². The molecule has 0 bridgehead atoms. The number of aliphatic imine (C=N–C) groups is 2. The van der Waals surface area contributed by atoms with E-state index in [1.54, 1.807) is 0 Å². The summed E-state index contributed by atoms with van der Waals surface area (Å²) >= 11 is 2.22. The molecule has 5 rings (SSSR count). The summed E-state index contributed by atoms with van der Waals surface area (Å²) in [7, 11) is 0. The molecule has 0 saturated heterocycles. The van der Waals surface area contributed by atoms with Crippen LogP contribution in [0.4, 0.5) is 0 Å². The summed E-state index contributed by atoms with van der Waals surface area (Å²) in [4.78, 5) is 22.2. The average molecular weight is 502 g/mol. The van der Waals surface area contributed by atoms with E-state index in [9.17, 15) is 4.79 Å². The molecule has 1 fully saturated rings. The molecule has 2 atom stereocenters. The van der Waals surface area contributed by atoms with E-state index < -0.39 is 0 Å². The smallest absolute Gasteiger partial charge is 0.259 e. The highest BCUT2D eigenvalue weighted by atomic mass is 127. The Morgan fingerprint density at radius 1 is 1.28 bits per heavy atom. The quantitative estimate of drug-likeness (QED) is 0.654. The lowest BCUT2D eigenvalue weighted by Gasteiger charge is -2.28. The molecule has 2 unspecified atom stereocenters. The Balaban J connectivity index is 1.61. The number of aryl methyl sites for hydroxylation is 1. The highest BCUT2D eigenvalue weighted by Crippen LogP contribution is 2.33. The fraction of sp³-hybridized carbons (Fsp3) is 0.429. The monoisotopic (exact) mass is 502 g/mol. The molecule has 3 aliphatic rings. The predicted octanol–water partition coefficient (Wildman–Crippen LogP) is 3.33. The van der Waals surface area contributed by atoms with Crippen LogP contribution in [0.1, 0.15) is 43.0 Å². The Kier molecular flexibility index (Phi) is 4.68. The molecule has 1 saturated carbocycles. The van der Waals surface area contributed by atoms with Gasteiger partial charge in [0.25, 0.3) is 5.56 Å². The molecule has 0 spiro atoms. The number of amidine groups is 1. The Morgan fingerprint density at radius 3 is 2.86 bits per heavy atom. The molecule has 2 N–H and O–H groups in total. The topological polar surface area (TPSA) is 88.3 Å². The molecule has 7 nitrogen and oxygen atoms in total. The zero-order chi connectivity index (χ0) is 20.1. The average Bonchev–Trinajstić information content (AvgIpc) is 3.31. The third kappa shape index (κ3) is 3.08. The lowest BCUT2D eigenvalue weighted by molar-refractivity contribution is 0.206. The maximum absolute atomic E-state index is 13.6. The highest BCUT2D eigenvalue weighted by Gasteiger charge is 2.40. The van der Waals surface area contributed by atoms with Gasteiger partial charge in [0.2, 0.25) is 0 Å². The van der Waals surface area contributed by atoms with Crippen molar-refractivity contribution in [2.75, 3.05) is 0 Å². The summed E-state index contributed by atoms with van der Waals surface area (Å²) in [5.74, 6) is 0.443. The largest absolute Gasteiger partial charge is 0.386 e. The minimum atomic E-state index is -0.195. The molecule has 29 heavy (non-hydrogen) atoms. The molecule has 1 aromatic heterocycles. The third-order valence-electron chi connectivity index (χ3n) is 6.21. The summed E-state index contributed by atoms with van der Waals surface area (Å²) in [6.07, 6.45) is 5.76. The van der Waals surface area contributed by atoms with Crippen LogP contribution in [0.25, 0.3) is 10.8 Å². The summed E-state index contributed by atoms with van der Waals surface area (Å²) in [5, 5.41) is 8.49. The molecule has 1 aliphatic carbocycles. The van der Waals surface area contributed by atoms with Gasteiger partial charge >= 0.3 is 0 Å². The number of fused-ring (bicyclic) bond motifs is 2. The molecule has 1 aromatic carbocycles. The third-order valence-corrected chi connectivity index (χ3v) is 7.10. The second kappa shape index (κ2) is 7.23. The Bertz CT molecular complexity index is 1130. The Morgan fingerprint density at radius 2 is 2.07 bits per heavy atom. The van der Waals surface area contributed by atoms with Crippen LogP contribution in [-0.4, -0.2) is 31.6 Å². The van der Waals surface area contributed by atoms with Crippen LogP contribution >= 0.6 is 22.6 Å². The van der Waals surface area contributed by atoms with Crippen LogP contribution in [0, 0.1) is 12.8 Å². The first kappa shape index (κ1) is 18.8. The minimum Gasteiger partial charge on any atom is -0.386 e. The van der Waals surface area contributed by atoms with E-state index in [2.05, 4.69) is 38.6 Å². The lowest BCUT2D eigenvalue weighted by atomic mass is 10.0. The van der Waals surface area contributed by atoms with Crippen molar-refractivity contribution < 1.29 is 0 Å². The lowest BCUT2D eigenvalue weighted by Crippen LogP contribution is -2.41. The van der Waals surface area contributed by atoms with Crippen molar-refractivity contribution in [2.45, 2.75) is 51.4 Å². The number of hydrogen-bond donors (Lipinski definition) is 1. The van der Waals surface area contributed by atoms with Crippen LogP contribution in [0.2, 0.25) is 0 Å². The SMILES string of the molecule is Cc1cccc2cc(CN3N=C(I)C4C(N)=NC=NC43)n(C3CCCC3)c(=O)c12. The number of rotatable bonds is 3. The van der Waals surface area contributed by atoms with Crippen LogP contribution in [-0.2, 0) is 6.54 Å². The minimum absolute atomic E-state index is 0.102. The number of halogens is 1. The summed E-state index contributed by atoms with van der Waals surface area (Å²) < 4.78 is 2.92. The number of aromatic nitrogens is 1. The Hall–Kier alpha value is -2.23. The van der Waals surface area contributed by atoms with E-state index in [1.807, 2.05) is 34.7 Å². The predicted molar refractivity (Wildman–Crippen MR) is 125 cm³/mol. The molecule has 2 aromatic rings. The standard InChI is InChI=1S/C21H23IN6O/c1-12-5-4-6-13-9-15(28(21(29)16(12)13)14-7-2-3-8-14)10-27-20-17(18(22)26-27)19(23)24-11-25-20/h4-6,9,11,14,17,20H,2-3,7-8,10H2,1H3,(H2,23,24,25). The molecular formula is C21H23IN6O. The number of hydrazone groups is 1. The number of pyridine rings is 1.